The zero-order chi connectivity index (χ0) is 16.2. The van der Waals surface area contributed by atoms with E-state index in [1.807, 2.05) is 30.3 Å². The predicted octanol–water partition coefficient (Wildman–Crippen LogP) is 3.43. The van der Waals surface area contributed by atoms with Gasteiger partial charge in [0.2, 0.25) is 5.95 Å². The average Bonchev–Trinajstić information content (AvgIpc) is 2.62. The van der Waals surface area contributed by atoms with Gasteiger partial charge in [-0.2, -0.15) is 5.26 Å². The molecule has 2 aromatic carbocycles. The van der Waals surface area contributed by atoms with E-state index in [1.54, 1.807) is 31.3 Å². The normalized spacial score (nSPS) is 10.1. The predicted molar refractivity (Wildman–Crippen MR) is 88.8 cm³/mol. The highest BCUT2D eigenvalue weighted by Crippen LogP contribution is 2.31. The van der Waals surface area contributed by atoms with Crippen molar-refractivity contribution in [3.05, 3.63) is 60.2 Å². The van der Waals surface area contributed by atoms with E-state index in [4.69, 9.17) is 0 Å². The number of nitriles is 1. The van der Waals surface area contributed by atoms with Crippen molar-refractivity contribution in [3.8, 4) is 34.3 Å². The zero-order valence-corrected chi connectivity index (χ0v) is 12.5. The van der Waals surface area contributed by atoms with E-state index in [9.17, 15) is 10.4 Å². The molecule has 0 radical (unpaired) electrons. The molecule has 0 saturated carbocycles. The molecule has 5 nitrogen and oxygen atoms in total. The van der Waals surface area contributed by atoms with Crippen LogP contribution in [0, 0.1) is 11.3 Å². The summed E-state index contributed by atoms with van der Waals surface area (Å²) in [6.07, 6.45) is 0. The molecule has 1 aromatic heterocycles. The second-order valence-electron chi connectivity index (χ2n) is 4.89. The standard InChI is InChI=1S/C18H14N4O/c1-20-18-21-16(12-5-3-2-4-6-12)15(11-19)17(22-18)13-7-9-14(23)10-8-13/h2-10,23H,1H3,(H,20,21,22). The van der Waals surface area contributed by atoms with Crippen LogP contribution in [0.15, 0.2) is 54.6 Å². The van der Waals surface area contributed by atoms with Crippen LogP contribution in [0.2, 0.25) is 0 Å². The molecule has 5 heteroatoms. The highest BCUT2D eigenvalue weighted by molar-refractivity contribution is 5.78. The highest BCUT2D eigenvalue weighted by Gasteiger charge is 2.16. The topological polar surface area (TPSA) is 81.8 Å². The van der Waals surface area contributed by atoms with Crippen molar-refractivity contribution in [2.75, 3.05) is 12.4 Å². The molecule has 0 unspecified atom stereocenters. The number of nitrogens with one attached hydrogen (secondary N) is 1. The Labute approximate surface area is 133 Å². The molecule has 0 bridgehead atoms. The summed E-state index contributed by atoms with van der Waals surface area (Å²) in [6, 6.07) is 18.3. The number of aromatic nitrogens is 2. The number of hydrogen-bond acceptors (Lipinski definition) is 5. The lowest BCUT2D eigenvalue weighted by Gasteiger charge is -2.11. The van der Waals surface area contributed by atoms with Gasteiger partial charge in [0.25, 0.3) is 0 Å². The summed E-state index contributed by atoms with van der Waals surface area (Å²) in [5.41, 5.74) is 3.11. The van der Waals surface area contributed by atoms with Crippen molar-refractivity contribution >= 4 is 5.95 Å². The minimum atomic E-state index is 0.165. The minimum absolute atomic E-state index is 0.165. The monoisotopic (exact) mass is 302 g/mol. The Morgan fingerprint density at radius 3 is 2.00 bits per heavy atom. The zero-order valence-electron chi connectivity index (χ0n) is 12.5. The van der Waals surface area contributed by atoms with Crippen molar-refractivity contribution in [1.82, 2.24) is 9.97 Å². The van der Waals surface area contributed by atoms with Gasteiger partial charge in [-0.15, -0.1) is 0 Å². The summed E-state index contributed by atoms with van der Waals surface area (Å²) in [7, 11) is 1.73. The first-order valence-corrected chi connectivity index (χ1v) is 7.07. The fourth-order valence-electron chi connectivity index (χ4n) is 2.31. The van der Waals surface area contributed by atoms with E-state index in [2.05, 4.69) is 21.4 Å². The van der Waals surface area contributed by atoms with Gasteiger partial charge in [-0.3, -0.25) is 0 Å². The average molecular weight is 302 g/mol. The van der Waals surface area contributed by atoms with E-state index in [1.165, 1.54) is 0 Å². The van der Waals surface area contributed by atoms with Gasteiger partial charge < -0.3 is 10.4 Å². The van der Waals surface area contributed by atoms with Gasteiger partial charge in [-0.1, -0.05) is 30.3 Å². The van der Waals surface area contributed by atoms with Crippen molar-refractivity contribution in [2.45, 2.75) is 0 Å². The third-order valence-corrected chi connectivity index (χ3v) is 3.43. The minimum Gasteiger partial charge on any atom is -0.508 e. The molecule has 112 valence electrons. The van der Waals surface area contributed by atoms with Gasteiger partial charge in [0.15, 0.2) is 0 Å². The summed E-state index contributed by atoms with van der Waals surface area (Å²) < 4.78 is 0. The number of hydrogen-bond donors (Lipinski definition) is 2. The van der Waals surface area contributed by atoms with Gasteiger partial charge in [0, 0.05) is 18.2 Å². The van der Waals surface area contributed by atoms with Crippen molar-refractivity contribution in [2.24, 2.45) is 0 Å². The van der Waals surface area contributed by atoms with Crippen LogP contribution in [0.4, 0.5) is 5.95 Å². The summed E-state index contributed by atoms with van der Waals surface area (Å²) in [5, 5.41) is 22.0. The number of anilines is 1. The van der Waals surface area contributed by atoms with E-state index in [0.29, 0.717) is 22.9 Å². The van der Waals surface area contributed by atoms with Crippen molar-refractivity contribution in [3.63, 3.8) is 0 Å². The molecule has 0 spiro atoms. The maximum atomic E-state index is 9.64. The molecule has 0 atom stereocenters. The van der Waals surface area contributed by atoms with Crippen LogP contribution < -0.4 is 5.32 Å². The first-order chi connectivity index (χ1) is 11.2. The molecule has 2 N–H and O–H groups in total. The number of nitrogens with zero attached hydrogens (tertiary/aromatic N) is 3. The lowest BCUT2D eigenvalue weighted by atomic mass is 10.0. The maximum Gasteiger partial charge on any atom is 0.223 e. The largest absolute Gasteiger partial charge is 0.508 e. The Kier molecular flexibility index (Phi) is 3.89. The molecule has 0 aliphatic carbocycles. The van der Waals surface area contributed by atoms with Gasteiger partial charge in [-0.05, 0) is 24.3 Å². The summed E-state index contributed by atoms with van der Waals surface area (Å²) >= 11 is 0. The first kappa shape index (κ1) is 14.5. The molecular formula is C18H14N4O. The van der Waals surface area contributed by atoms with Crippen LogP contribution in [-0.2, 0) is 0 Å². The van der Waals surface area contributed by atoms with Crippen molar-refractivity contribution in [1.29, 1.82) is 5.26 Å². The molecule has 23 heavy (non-hydrogen) atoms. The van der Waals surface area contributed by atoms with Gasteiger partial charge in [-0.25, -0.2) is 9.97 Å². The molecule has 0 fully saturated rings. The Morgan fingerprint density at radius 2 is 1.48 bits per heavy atom. The number of rotatable bonds is 3. The molecule has 0 amide bonds. The first-order valence-electron chi connectivity index (χ1n) is 7.07. The number of phenolic OH excluding ortho intramolecular Hbond substituents is 1. The molecular weight excluding hydrogens is 288 g/mol. The second kappa shape index (κ2) is 6.16. The molecule has 3 rings (SSSR count). The fraction of sp³-hybridized carbons (Fsp3) is 0.0556. The maximum absolute atomic E-state index is 9.64. The van der Waals surface area contributed by atoms with Gasteiger partial charge in [0.1, 0.15) is 17.4 Å². The fourth-order valence-corrected chi connectivity index (χ4v) is 2.31. The van der Waals surface area contributed by atoms with Crippen LogP contribution in [0.1, 0.15) is 5.56 Å². The van der Waals surface area contributed by atoms with Gasteiger partial charge in [0.05, 0.1) is 11.4 Å². The quantitative estimate of drug-likeness (QED) is 0.774. The molecule has 0 aliphatic heterocycles. The van der Waals surface area contributed by atoms with Crippen LogP contribution in [-0.4, -0.2) is 22.1 Å². The third kappa shape index (κ3) is 2.83. The van der Waals surface area contributed by atoms with E-state index in [0.717, 1.165) is 11.1 Å². The van der Waals surface area contributed by atoms with Crippen LogP contribution in [0.5, 0.6) is 5.75 Å². The SMILES string of the molecule is CNc1nc(-c2ccccc2)c(C#N)c(-c2ccc(O)cc2)n1. The van der Waals surface area contributed by atoms with Crippen molar-refractivity contribution < 1.29 is 5.11 Å². The summed E-state index contributed by atoms with van der Waals surface area (Å²) in [4.78, 5) is 8.86. The summed E-state index contributed by atoms with van der Waals surface area (Å²) in [6.45, 7) is 0. The highest BCUT2D eigenvalue weighted by atomic mass is 16.3. The number of aromatic hydroxyl groups is 1. The van der Waals surface area contributed by atoms with Gasteiger partial charge >= 0.3 is 0 Å². The lowest BCUT2D eigenvalue weighted by molar-refractivity contribution is 0.475. The summed E-state index contributed by atoms with van der Waals surface area (Å²) in [5.74, 6) is 0.601. The Bertz CT molecular complexity index is 868. The van der Waals surface area contributed by atoms with E-state index >= 15 is 0 Å². The molecule has 0 aliphatic rings. The Morgan fingerprint density at radius 1 is 0.913 bits per heavy atom. The number of benzene rings is 2. The molecule has 1 heterocycles. The van der Waals surface area contributed by atoms with Crippen LogP contribution in [0.3, 0.4) is 0 Å². The Hall–Kier alpha value is -3.39. The second-order valence-corrected chi connectivity index (χ2v) is 4.89. The number of phenols is 1. The smallest absolute Gasteiger partial charge is 0.223 e. The van der Waals surface area contributed by atoms with E-state index < -0.39 is 0 Å². The molecule has 0 saturated heterocycles. The van der Waals surface area contributed by atoms with E-state index in [-0.39, 0.29) is 5.75 Å². The third-order valence-electron chi connectivity index (χ3n) is 3.43. The van der Waals surface area contributed by atoms with Crippen LogP contribution >= 0.6 is 0 Å². The molecule has 3 aromatic rings. The lowest BCUT2D eigenvalue weighted by Crippen LogP contribution is -2.03. The Balaban J connectivity index is 2.28. The van der Waals surface area contributed by atoms with Crippen LogP contribution in [0.25, 0.3) is 22.5 Å².